The first-order chi connectivity index (χ1) is 12.6. The minimum atomic E-state index is -4.48. The minimum absolute atomic E-state index is 0.0270. The fourth-order valence-electron chi connectivity index (χ4n) is 4.23. The average Bonchev–Trinajstić information content (AvgIpc) is 2.93. The van der Waals surface area contributed by atoms with Crippen LogP contribution in [0.15, 0.2) is 48.5 Å². The summed E-state index contributed by atoms with van der Waals surface area (Å²) in [6.45, 7) is 6.53. The van der Waals surface area contributed by atoms with Gasteiger partial charge in [0.05, 0.1) is 0 Å². The van der Waals surface area contributed by atoms with Gasteiger partial charge in [0.1, 0.15) is 0 Å². The topological polar surface area (TPSA) is 41.5 Å². The first kappa shape index (κ1) is 21.5. The molecule has 27 heavy (non-hydrogen) atoms. The van der Waals surface area contributed by atoms with Crippen LogP contribution >= 0.6 is 18.6 Å². The van der Waals surface area contributed by atoms with Crippen molar-refractivity contribution in [1.29, 1.82) is 0 Å². The predicted molar refractivity (Wildman–Crippen MR) is 114 cm³/mol. The summed E-state index contributed by atoms with van der Waals surface area (Å²) in [7, 11) is 15.3. The Morgan fingerprint density at radius 3 is 1.96 bits per heavy atom. The maximum atomic E-state index is 9.29. The molecule has 7 heteroatoms. The van der Waals surface area contributed by atoms with E-state index in [1.807, 2.05) is 0 Å². The Morgan fingerprint density at radius 1 is 1.04 bits per heavy atom. The molecule has 2 aromatic carbocycles. The molecule has 1 unspecified atom stereocenters. The Hall–Kier alpha value is -0.169. The summed E-state index contributed by atoms with van der Waals surface area (Å²) in [5.41, 5.74) is 4.52. The van der Waals surface area contributed by atoms with Gasteiger partial charge in [0.15, 0.2) is 0 Å². The van der Waals surface area contributed by atoms with Crippen molar-refractivity contribution in [1.82, 2.24) is 3.80 Å². The molecule has 2 N–H and O–H groups in total. The quantitative estimate of drug-likeness (QED) is 0.601. The molecule has 0 saturated heterocycles. The first-order valence-corrected chi connectivity index (χ1v) is 20.2. The van der Waals surface area contributed by atoms with Crippen LogP contribution < -0.4 is 3.80 Å². The van der Waals surface area contributed by atoms with E-state index in [4.69, 9.17) is 23.0 Å². The monoisotopic (exact) mass is 460 g/mol. The fraction of sp³-hybridized carbons (Fsp3) is 0.400. The molecule has 1 aliphatic carbocycles. The van der Waals surface area contributed by atoms with Crippen LogP contribution in [0.2, 0.25) is 6.55 Å². The van der Waals surface area contributed by atoms with Crippen molar-refractivity contribution >= 4 is 25.5 Å². The Balaban J connectivity index is 2.24. The van der Waals surface area contributed by atoms with E-state index in [1.165, 1.54) is 22.3 Å². The zero-order valence-corrected chi connectivity index (χ0v) is 20.5. The van der Waals surface area contributed by atoms with Crippen molar-refractivity contribution in [2.24, 2.45) is 0 Å². The molecular weight excluding hydrogens is 433 g/mol. The second kappa shape index (κ2) is 7.58. The molecule has 0 amide bonds. The van der Waals surface area contributed by atoms with Crippen LogP contribution in [0.4, 0.5) is 0 Å². The van der Waals surface area contributed by atoms with E-state index in [0.29, 0.717) is 0 Å². The zero-order chi connectivity index (χ0) is 19.9. The summed E-state index contributed by atoms with van der Waals surface area (Å²) in [6.07, 6.45) is 0. The number of aliphatic hydroxyl groups excluding tert-OH is 1. The number of halogens is 2. The molecule has 147 valence electrons. The van der Waals surface area contributed by atoms with Crippen molar-refractivity contribution in [3.05, 3.63) is 59.7 Å². The summed E-state index contributed by atoms with van der Waals surface area (Å²) in [5.74, 6) is 0. The molecule has 0 bridgehead atoms. The van der Waals surface area contributed by atoms with E-state index < -0.39 is 19.6 Å². The molecular formula is C20H28Cl2NO2SiTi. The van der Waals surface area contributed by atoms with Gasteiger partial charge in [0.25, 0.3) is 0 Å². The van der Waals surface area contributed by atoms with E-state index in [9.17, 15) is 5.11 Å². The third-order valence-corrected chi connectivity index (χ3v) is 31.9. The second-order valence-corrected chi connectivity index (χ2v) is 34.2. The van der Waals surface area contributed by atoms with Gasteiger partial charge < -0.3 is 0 Å². The molecule has 0 heterocycles. The Labute approximate surface area is 171 Å². The van der Waals surface area contributed by atoms with Crippen LogP contribution in [0.5, 0.6) is 0 Å². The number of fused-ring (bicyclic) bond motifs is 3. The molecule has 0 radical (unpaired) electrons. The van der Waals surface area contributed by atoms with Crippen LogP contribution in [-0.4, -0.2) is 30.8 Å². The standard InChI is InChI=1S/C13H9.C4H10N.C3H9O2Si.2ClH.Ti/c1-3-7-12-10(5-1)9-11-6-2-4-8-13(11)12;1-4(2,3)5;1-6-5-3-2-4;;;/h1-9H;5H,1-3H3;4,6H,2-3H2,1H3;2*1H;/q;-1;;;;+3/p-2. The van der Waals surface area contributed by atoms with Crippen molar-refractivity contribution in [2.75, 3.05) is 13.2 Å². The van der Waals surface area contributed by atoms with E-state index >= 15 is 0 Å². The summed E-state index contributed by atoms with van der Waals surface area (Å²) < 4.78 is 9.73. The zero-order valence-electron chi connectivity index (χ0n) is 16.3. The van der Waals surface area contributed by atoms with E-state index in [1.54, 1.807) is 0 Å². The molecule has 3 nitrogen and oxygen atoms in total. The van der Waals surface area contributed by atoms with Crippen LogP contribution in [0, 0.1) is 0 Å². The Bertz CT molecular complexity index is 795. The predicted octanol–water partition coefficient (Wildman–Crippen LogP) is 4.92. The van der Waals surface area contributed by atoms with Crippen molar-refractivity contribution in [2.45, 2.75) is 37.1 Å². The van der Waals surface area contributed by atoms with Gasteiger partial charge in [-0.1, -0.05) is 0 Å². The van der Waals surface area contributed by atoms with Crippen LogP contribution in [-0.2, 0) is 17.1 Å². The van der Waals surface area contributed by atoms with E-state index in [0.717, 1.165) is 0 Å². The third-order valence-electron chi connectivity index (χ3n) is 5.18. The molecule has 1 atom stereocenters. The average molecular weight is 461 g/mol. The van der Waals surface area contributed by atoms with Gasteiger partial charge in [-0.25, -0.2) is 0 Å². The number of hydrogen-bond donors (Lipinski definition) is 2. The fourth-order valence-corrected chi connectivity index (χ4v) is 24.9. The number of hydrogen-bond acceptors (Lipinski definition) is 3. The molecule has 0 fully saturated rings. The SMILES string of the molecule is C[SiH](OCCO)[Ti]([Cl])([Cl])([NH]C(C)(C)C)[CH]1c2ccccc2-c2ccccc21. The number of rotatable bonds is 6. The normalized spacial score (nSPS) is 17.1. The molecule has 0 aliphatic heterocycles. The van der Waals surface area contributed by atoms with Gasteiger partial charge in [-0.3, -0.25) is 0 Å². The van der Waals surface area contributed by atoms with Gasteiger partial charge in [0.2, 0.25) is 0 Å². The van der Waals surface area contributed by atoms with Crippen molar-refractivity contribution in [3.63, 3.8) is 0 Å². The van der Waals surface area contributed by atoms with Gasteiger partial charge in [-0.2, -0.15) is 0 Å². The molecule has 0 spiro atoms. The molecule has 1 aliphatic rings. The Kier molecular flexibility index (Phi) is 6.05. The summed E-state index contributed by atoms with van der Waals surface area (Å²) in [5, 5.41) is 9.29. The first-order valence-electron chi connectivity index (χ1n) is 9.36. The van der Waals surface area contributed by atoms with Crippen LogP contribution in [0.3, 0.4) is 0 Å². The summed E-state index contributed by atoms with van der Waals surface area (Å²) in [4.78, 5) is 0. The molecule has 2 aromatic rings. The number of nitrogens with one attached hydrogen (secondary N) is 1. The third kappa shape index (κ3) is 3.96. The molecule has 3 rings (SSSR count). The summed E-state index contributed by atoms with van der Waals surface area (Å²) in [6, 6.07) is 16.8. The molecule has 0 aromatic heterocycles. The van der Waals surface area contributed by atoms with E-state index in [-0.39, 0.29) is 23.0 Å². The van der Waals surface area contributed by atoms with Gasteiger partial charge >= 0.3 is 173 Å². The van der Waals surface area contributed by atoms with Gasteiger partial charge in [0, 0.05) is 0 Å². The summed E-state index contributed by atoms with van der Waals surface area (Å²) >= 11 is -4.48. The van der Waals surface area contributed by atoms with Crippen LogP contribution in [0.1, 0.15) is 36.1 Å². The van der Waals surface area contributed by atoms with Gasteiger partial charge in [-0.05, 0) is 0 Å². The second-order valence-electron chi connectivity index (χ2n) is 8.37. The number of benzene rings is 2. The van der Waals surface area contributed by atoms with Crippen molar-refractivity contribution in [3.8, 4) is 11.1 Å². The van der Waals surface area contributed by atoms with E-state index in [2.05, 4.69) is 79.6 Å². The molecule has 0 saturated carbocycles. The van der Waals surface area contributed by atoms with Crippen molar-refractivity contribution < 1.29 is 22.2 Å². The van der Waals surface area contributed by atoms with Gasteiger partial charge in [-0.15, -0.1) is 0 Å². The Morgan fingerprint density at radius 2 is 1.52 bits per heavy atom. The van der Waals surface area contributed by atoms with Crippen LogP contribution in [0.25, 0.3) is 11.1 Å². The maximum absolute atomic E-state index is 9.29. The number of aliphatic hydroxyl groups is 1.